The zero-order valence-corrected chi connectivity index (χ0v) is 12.0. The predicted molar refractivity (Wildman–Crippen MR) is 79.7 cm³/mol. The third-order valence-corrected chi connectivity index (χ3v) is 3.98. The summed E-state index contributed by atoms with van der Waals surface area (Å²) in [6, 6.07) is 11.4. The Morgan fingerprint density at radius 1 is 1.10 bits per heavy atom. The van der Waals surface area contributed by atoms with Crippen molar-refractivity contribution < 1.29 is 9.47 Å². The highest BCUT2D eigenvalue weighted by Crippen LogP contribution is 2.34. The predicted octanol–water partition coefficient (Wildman–Crippen LogP) is 3.47. The summed E-state index contributed by atoms with van der Waals surface area (Å²) < 4.78 is 11.1. The summed E-state index contributed by atoms with van der Waals surface area (Å²) in [4.78, 5) is 0. The smallest absolute Gasteiger partial charge is 0.161 e. The average molecular weight is 290 g/mol. The second-order valence-electron chi connectivity index (χ2n) is 4.83. The highest BCUT2D eigenvalue weighted by Gasteiger charge is 2.17. The van der Waals surface area contributed by atoms with Gasteiger partial charge in [-0.05, 0) is 41.8 Å². The Balaban J connectivity index is 1.98. The van der Waals surface area contributed by atoms with E-state index in [1.54, 1.807) is 0 Å². The molecule has 0 fully saturated rings. The third-order valence-electron chi connectivity index (χ3n) is 3.57. The zero-order chi connectivity index (χ0) is 14.1. The quantitative estimate of drug-likeness (QED) is 0.921. The summed E-state index contributed by atoms with van der Waals surface area (Å²) in [5.74, 6) is 1.53. The van der Waals surface area contributed by atoms with Gasteiger partial charge in [0.15, 0.2) is 11.5 Å². The minimum atomic E-state index is -0.232. The first kappa shape index (κ1) is 13.3. The van der Waals surface area contributed by atoms with Crippen LogP contribution in [0.2, 0.25) is 5.02 Å². The Bertz CT molecular complexity index is 642. The Morgan fingerprint density at radius 3 is 2.65 bits per heavy atom. The molecule has 1 atom stereocenters. The molecule has 2 aromatic rings. The summed E-state index contributed by atoms with van der Waals surface area (Å²) >= 11 is 6.16. The van der Waals surface area contributed by atoms with Crippen molar-refractivity contribution in [1.29, 1.82) is 0 Å². The first-order chi connectivity index (χ1) is 9.66. The summed E-state index contributed by atoms with van der Waals surface area (Å²) in [7, 11) is 0. The number of fused-ring (bicyclic) bond motifs is 1. The molecule has 3 nitrogen and oxygen atoms in total. The molecule has 1 aliphatic rings. The molecule has 4 heteroatoms. The van der Waals surface area contributed by atoms with Crippen LogP contribution in [0.4, 0.5) is 0 Å². The van der Waals surface area contributed by atoms with Crippen molar-refractivity contribution in [3.05, 3.63) is 58.1 Å². The van der Waals surface area contributed by atoms with Crippen LogP contribution in [0.3, 0.4) is 0 Å². The van der Waals surface area contributed by atoms with Gasteiger partial charge in [0, 0.05) is 5.02 Å². The topological polar surface area (TPSA) is 44.5 Å². The summed E-state index contributed by atoms with van der Waals surface area (Å²) in [6.07, 6.45) is 0. The van der Waals surface area contributed by atoms with Crippen molar-refractivity contribution >= 4 is 11.6 Å². The fourth-order valence-corrected chi connectivity index (χ4v) is 2.58. The molecule has 0 bridgehead atoms. The van der Waals surface area contributed by atoms with Gasteiger partial charge in [-0.3, -0.25) is 0 Å². The van der Waals surface area contributed by atoms with E-state index in [2.05, 4.69) is 0 Å². The van der Waals surface area contributed by atoms with Crippen LogP contribution in [0.15, 0.2) is 36.4 Å². The van der Waals surface area contributed by atoms with Crippen LogP contribution >= 0.6 is 11.6 Å². The number of halogens is 1. The fourth-order valence-electron chi connectivity index (χ4n) is 2.39. The first-order valence-corrected chi connectivity index (χ1v) is 6.95. The molecule has 20 heavy (non-hydrogen) atoms. The van der Waals surface area contributed by atoms with E-state index in [1.165, 1.54) is 0 Å². The number of nitrogens with two attached hydrogens (primary N) is 1. The second-order valence-corrected chi connectivity index (χ2v) is 5.24. The third kappa shape index (κ3) is 2.35. The molecule has 0 saturated heterocycles. The molecule has 2 aromatic carbocycles. The van der Waals surface area contributed by atoms with Crippen LogP contribution in [0.25, 0.3) is 0 Å². The molecule has 0 amide bonds. The largest absolute Gasteiger partial charge is 0.486 e. The lowest BCUT2D eigenvalue weighted by Gasteiger charge is -2.21. The molecule has 0 aromatic heterocycles. The lowest BCUT2D eigenvalue weighted by Crippen LogP contribution is -2.17. The van der Waals surface area contributed by atoms with Crippen LogP contribution in [-0.4, -0.2) is 13.2 Å². The Kier molecular flexibility index (Phi) is 3.55. The van der Waals surface area contributed by atoms with E-state index in [4.69, 9.17) is 26.8 Å². The van der Waals surface area contributed by atoms with Crippen LogP contribution in [0.5, 0.6) is 11.5 Å². The SMILES string of the molecule is Cc1c(Cl)cccc1C(N)c1ccc2c(c1)OCCO2. The fraction of sp³-hybridized carbons (Fsp3) is 0.250. The van der Waals surface area contributed by atoms with E-state index in [-0.39, 0.29) is 6.04 Å². The first-order valence-electron chi connectivity index (χ1n) is 6.57. The molecule has 0 aliphatic carbocycles. The van der Waals surface area contributed by atoms with Gasteiger partial charge in [-0.25, -0.2) is 0 Å². The van der Waals surface area contributed by atoms with Gasteiger partial charge in [0.1, 0.15) is 13.2 Å². The molecule has 2 N–H and O–H groups in total. The van der Waals surface area contributed by atoms with Gasteiger partial charge in [0.25, 0.3) is 0 Å². The van der Waals surface area contributed by atoms with Crippen molar-refractivity contribution in [3.8, 4) is 11.5 Å². The van der Waals surface area contributed by atoms with Crippen molar-refractivity contribution in [1.82, 2.24) is 0 Å². The normalized spacial score (nSPS) is 14.9. The zero-order valence-electron chi connectivity index (χ0n) is 11.2. The highest BCUT2D eigenvalue weighted by atomic mass is 35.5. The van der Waals surface area contributed by atoms with Crippen molar-refractivity contribution in [2.24, 2.45) is 5.73 Å². The van der Waals surface area contributed by atoms with Gasteiger partial charge >= 0.3 is 0 Å². The van der Waals surface area contributed by atoms with Crippen molar-refractivity contribution in [2.75, 3.05) is 13.2 Å². The number of hydrogen-bond acceptors (Lipinski definition) is 3. The van der Waals surface area contributed by atoms with Gasteiger partial charge in [-0.1, -0.05) is 29.8 Å². The molecule has 3 rings (SSSR count). The lowest BCUT2D eigenvalue weighted by atomic mass is 9.95. The Hall–Kier alpha value is -1.71. The van der Waals surface area contributed by atoms with Crippen molar-refractivity contribution in [2.45, 2.75) is 13.0 Å². The van der Waals surface area contributed by atoms with Crippen LogP contribution in [0.1, 0.15) is 22.7 Å². The van der Waals surface area contributed by atoms with E-state index in [1.807, 2.05) is 43.3 Å². The van der Waals surface area contributed by atoms with Gasteiger partial charge < -0.3 is 15.2 Å². The van der Waals surface area contributed by atoms with E-state index in [0.29, 0.717) is 13.2 Å². The van der Waals surface area contributed by atoms with Crippen molar-refractivity contribution in [3.63, 3.8) is 0 Å². The minimum absolute atomic E-state index is 0.232. The maximum Gasteiger partial charge on any atom is 0.161 e. The molecular weight excluding hydrogens is 274 g/mol. The average Bonchev–Trinajstić information content (AvgIpc) is 2.49. The maximum atomic E-state index is 6.36. The molecule has 0 radical (unpaired) electrons. The van der Waals surface area contributed by atoms with Gasteiger partial charge in [-0.2, -0.15) is 0 Å². The van der Waals surface area contributed by atoms with Gasteiger partial charge in [0.05, 0.1) is 6.04 Å². The monoisotopic (exact) mass is 289 g/mol. The van der Waals surface area contributed by atoms with Gasteiger partial charge in [-0.15, -0.1) is 0 Å². The number of hydrogen-bond donors (Lipinski definition) is 1. The summed E-state index contributed by atoms with van der Waals surface area (Å²) in [5.41, 5.74) is 9.38. The highest BCUT2D eigenvalue weighted by molar-refractivity contribution is 6.31. The van der Waals surface area contributed by atoms with E-state index < -0.39 is 0 Å². The standard InChI is InChI=1S/C16H16ClNO2/c1-10-12(3-2-4-13(10)17)16(18)11-5-6-14-15(9-11)20-8-7-19-14/h2-6,9,16H,7-8,18H2,1H3. The van der Waals surface area contributed by atoms with E-state index >= 15 is 0 Å². The van der Waals surface area contributed by atoms with E-state index in [9.17, 15) is 0 Å². The van der Waals surface area contributed by atoms with Gasteiger partial charge in [0.2, 0.25) is 0 Å². The molecule has 0 spiro atoms. The minimum Gasteiger partial charge on any atom is -0.486 e. The molecule has 104 valence electrons. The molecule has 1 unspecified atom stereocenters. The maximum absolute atomic E-state index is 6.36. The number of benzene rings is 2. The summed E-state index contributed by atoms with van der Waals surface area (Å²) in [6.45, 7) is 3.14. The molecular formula is C16H16ClNO2. The second kappa shape index (κ2) is 5.35. The number of ether oxygens (including phenoxy) is 2. The van der Waals surface area contributed by atoms with Crippen LogP contribution < -0.4 is 15.2 Å². The molecule has 1 aliphatic heterocycles. The lowest BCUT2D eigenvalue weighted by molar-refractivity contribution is 0.171. The number of rotatable bonds is 2. The Labute approximate surface area is 123 Å². The summed E-state index contributed by atoms with van der Waals surface area (Å²) in [5, 5.41) is 0.732. The Morgan fingerprint density at radius 2 is 1.85 bits per heavy atom. The molecule has 0 saturated carbocycles. The van der Waals surface area contributed by atoms with E-state index in [0.717, 1.165) is 33.2 Å². The molecule has 1 heterocycles. The van der Waals surface area contributed by atoms with Crippen LogP contribution in [0, 0.1) is 6.92 Å². The van der Waals surface area contributed by atoms with Crippen LogP contribution in [-0.2, 0) is 0 Å².